The van der Waals surface area contributed by atoms with E-state index in [1.165, 1.54) is 25.3 Å². The molecule has 1 aliphatic heterocycles. The number of nitrogens with zero attached hydrogens (tertiary/aromatic N) is 1. The molecule has 12 heteroatoms. The topological polar surface area (TPSA) is 157 Å². The zero-order valence-electron chi connectivity index (χ0n) is 28.4. The van der Waals surface area contributed by atoms with E-state index in [1.807, 2.05) is 83.3 Å². The van der Waals surface area contributed by atoms with Gasteiger partial charge in [0.15, 0.2) is 11.5 Å². The van der Waals surface area contributed by atoms with Gasteiger partial charge in [-0.15, -0.1) is 0 Å². The van der Waals surface area contributed by atoms with Crippen molar-refractivity contribution in [1.29, 1.82) is 0 Å². The average molecular weight is 815 g/mol. The molecule has 0 bridgehead atoms. The second-order valence-electron chi connectivity index (χ2n) is 12.9. The molecule has 1 aliphatic carbocycles. The quantitative estimate of drug-likeness (QED) is 0.0430. The van der Waals surface area contributed by atoms with Gasteiger partial charge >= 0.3 is 7.12 Å². The molecule has 52 heavy (non-hydrogen) atoms. The molecule has 0 aromatic heterocycles. The number of aromatic hydroxyl groups is 1. The SMILES string of the molecule is COc1cc(/C=C(/CC[C@@H](O)C2=C(COc3ccccc3)C[C@H]3C(=O)N(c4cccc(B(O)O)c4)C(=O)[C@H]3[C@H]2CO)c2ccccc2)cc(I)c1O. The van der Waals surface area contributed by atoms with E-state index in [2.05, 4.69) is 0 Å². The zero-order chi connectivity index (χ0) is 36.9. The number of fused-ring (bicyclic) bond motifs is 1. The number of imide groups is 1. The fourth-order valence-electron chi connectivity index (χ4n) is 7.29. The Morgan fingerprint density at radius 1 is 0.981 bits per heavy atom. The first-order valence-electron chi connectivity index (χ1n) is 17.0. The minimum Gasteiger partial charge on any atom is -0.504 e. The lowest BCUT2D eigenvalue weighted by Crippen LogP contribution is -2.40. The molecule has 0 radical (unpaired) electrons. The number of carbonyl (C=O) groups is 2. The maximum Gasteiger partial charge on any atom is 0.488 e. The minimum absolute atomic E-state index is 0.0386. The molecule has 1 heterocycles. The van der Waals surface area contributed by atoms with Crippen molar-refractivity contribution in [2.45, 2.75) is 25.4 Å². The number of aliphatic hydroxyl groups is 2. The van der Waals surface area contributed by atoms with Gasteiger partial charge in [-0.2, -0.15) is 0 Å². The molecule has 2 aliphatic rings. The summed E-state index contributed by atoms with van der Waals surface area (Å²) < 4.78 is 12.1. The third kappa shape index (κ3) is 7.81. The van der Waals surface area contributed by atoms with Crippen LogP contribution in [0.2, 0.25) is 0 Å². The molecule has 0 unspecified atom stereocenters. The summed E-state index contributed by atoms with van der Waals surface area (Å²) in [6, 6.07) is 28.4. The first-order chi connectivity index (χ1) is 25.1. The maximum atomic E-state index is 14.1. The number of allylic oxidation sites excluding steroid dienone is 1. The third-order valence-electron chi connectivity index (χ3n) is 9.77. The van der Waals surface area contributed by atoms with Gasteiger partial charge in [0.2, 0.25) is 11.8 Å². The lowest BCUT2D eigenvalue weighted by Gasteiger charge is -2.36. The van der Waals surface area contributed by atoms with Crippen molar-refractivity contribution in [3.05, 3.63) is 123 Å². The van der Waals surface area contributed by atoms with Crippen LogP contribution in [-0.2, 0) is 9.59 Å². The molecule has 4 aromatic rings. The van der Waals surface area contributed by atoms with Crippen molar-refractivity contribution in [2.75, 3.05) is 25.2 Å². The number of hydrogen-bond acceptors (Lipinski definition) is 9. The van der Waals surface area contributed by atoms with Crippen molar-refractivity contribution in [2.24, 2.45) is 17.8 Å². The van der Waals surface area contributed by atoms with E-state index in [9.17, 15) is 35.0 Å². The molecule has 2 amide bonds. The molecule has 0 saturated carbocycles. The van der Waals surface area contributed by atoms with Gasteiger partial charge in [0.1, 0.15) is 12.4 Å². The molecule has 268 valence electrons. The third-order valence-corrected chi connectivity index (χ3v) is 10.6. The number of methoxy groups -OCH3 is 1. The monoisotopic (exact) mass is 815 g/mol. The second kappa shape index (κ2) is 16.5. The molecule has 4 aromatic carbocycles. The van der Waals surface area contributed by atoms with E-state index in [1.54, 1.807) is 24.3 Å². The summed E-state index contributed by atoms with van der Waals surface area (Å²) in [5, 5.41) is 52.9. The van der Waals surface area contributed by atoms with Gasteiger partial charge < -0.3 is 34.8 Å². The summed E-state index contributed by atoms with van der Waals surface area (Å²) in [4.78, 5) is 29.1. The summed E-state index contributed by atoms with van der Waals surface area (Å²) in [6.07, 6.45) is 1.65. The maximum absolute atomic E-state index is 14.1. The number of benzene rings is 4. The number of carbonyl (C=O) groups excluding carboxylic acids is 2. The number of halogens is 1. The van der Waals surface area contributed by atoms with Crippen molar-refractivity contribution >= 4 is 64.3 Å². The lowest BCUT2D eigenvalue weighted by molar-refractivity contribution is -0.123. The highest BCUT2D eigenvalue weighted by atomic mass is 127. The van der Waals surface area contributed by atoms with Gasteiger partial charge in [-0.05, 0) is 112 Å². The Bertz CT molecular complexity index is 1990. The van der Waals surface area contributed by atoms with Crippen LogP contribution in [0, 0.1) is 21.3 Å². The number of anilines is 1. The molecular weight excluding hydrogens is 776 g/mol. The predicted octanol–water partition coefficient (Wildman–Crippen LogP) is 4.56. The summed E-state index contributed by atoms with van der Waals surface area (Å²) in [6.45, 7) is -0.450. The van der Waals surface area contributed by atoms with Gasteiger partial charge in [0, 0.05) is 5.92 Å². The highest BCUT2D eigenvalue weighted by molar-refractivity contribution is 14.1. The van der Waals surface area contributed by atoms with Crippen molar-refractivity contribution in [3.8, 4) is 17.2 Å². The van der Waals surface area contributed by atoms with Crippen LogP contribution in [0.15, 0.2) is 108 Å². The van der Waals surface area contributed by atoms with E-state index in [0.717, 1.165) is 21.6 Å². The van der Waals surface area contributed by atoms with Crippen LogP contribution in [-0.4, -0.2) is 70.7 Å². The standard InChI is InChI=1S/C40H39BINO9/c1-51-35-19-24(18-33(42)38(35)46)17-26(25-9-4-2-5-10-25)15-16-34(45)36-27(23-52-30-13-6-3-7-14-30)20-31-37(32(36)22-44)40(48)43(39(31)47)29-12-8-11-28(21-29)41(49)50/h2-14,17-19,21,31-32,34,37,44-46,49-50H,15-16,20,22-23H2,1H3/b26-17-/t31-,32+,34-,37-/m1/s1. The van der Waals surface area contributed by atoms with Crippen LogP contribution in [0.5, 0.6) is 17.2 Å². The van der Waals surface area contributed by atoms with Crippen LogP contribution in [0.25, 0.3) is 11.6 Å². The Kier molecular flexibility index (Phi) is 11.8. The second-order valence-corrected chi connectivity index (χ2v) is 14.1. The van der Waals surface area contributed by atoms with E-state index >= 15 is 0 Å². The van der Waals surface area contributed by atoms with E-state index in [-0.39, 0.29) is 36.3 Å². The molecule has 6 rings (SSSR count). The van der Waals surface area contributed by atoms with Gasteiger partial charge in [-0.25, -0.2) is 0 Å². The zero-order valence-corrected chi connectivity index (χ0v) is 30.6. The minimum atomic E-state index is -1.79. The van der Waals surface area contributed by atoms with Gasteiger partial charge in [-0.3, -0.25) is 14.5 Å². The molecule has 10 nitrogen and oxygen atoms in total. The van der Waals surface area contributed by atoms with E-state index < -0.39 is 49.4 Å². The summed E-state index contributed by atoms with van der Waals surface area (Å²) >= 11 is 2.05. The van der Waals surface area contributed by atoms with E-state index in [0.29, 0.717) is 32.6 Å². The molecule has 4 atom stereocenters. The van der Waals surface area contributed by atoms with Crippen molar-refractivity contribution < 1.29 is 44.4 Å². The van der Waals surface area contributed by atoms with Gasteiger partial charge in [-0.1, -0.05) is 66.7 Å². The number of hydrogen-bond donors (Lipinski definition) is 5. The number of ether oxygens (including phenoxy) is 2. The fourth-order valence-corrected chi connectivity index (χ4v) is 7.92. The number of phenols is 1. The Balaban J connectivity index is 1.35. The fraction of sp³-hybridized carbons (Fsp3) is 0.250. The summed E-state index contributed by atoms with van der Waals surface area (Å²) in [5.74, 6) is -2.63. The molecule has 5 N–H and O–H groups in total. The lowest BCUT2D eigenvalue weighted by atomic mass is 9.68. The number of phenolic OH excluding ortho intramolecular Hbond substituents is 1. The number of rotatable bonds is 13. The van der Waals surface area contributed by atoms with Crippen molar-refractivity contribution in [1.82, 2.24) is 0 Å². The Labute approximate surface area is 315 Å². The number of amides is 2. The highest BCUT2D eigenvalue weighted by Gasteiger charge is 2.55. The Morgan fingerprint density at radius 2 is 1.69 bits per heavy atom. The smallest absolute Gasteiger partial charge is 0.488 e. The van der Waals surface area contributed by atoms with Gasteiger partial charge in [0.25, 0.3) is 0 Å². The van der Waals surface area contributed by atoms with E-state index in [4.69, 9.17) is 9.47 Å². The van der Waals surface area contributed by atoms with Crippen LogP contribution in [0.1, 0.15) is 30.4 Å². The molecule has 0 spiro atoms. The molecule has 1 fully saturated rings. The van der Waals surface area contributed by atoms with Crippen molar-refractivity contribution in [3.63, 3.8) is 0 Å². The Hall–Kier alpha value is -4.47. The van der Waals surface area contributed by atoms with Crippen LogP contribution >= 0.6 is 22.6 Å². The van der Waals surface area contributed by atoms with Crippen LogP contribution in [0.3, 0.4) is 0 Å². The number of para-hydroxylation sites is 1. The van der Waals surface area contributed by atoms with Gasteiger partial charge in [0.05, 0.1) is 40.9 Å². The van der Waals surface area contributed by atoms with Crippen LogP contribution < -0.4 is 19.8 Å². The largest absolute Gasteiger partial charge is 0.504 e. The first-order valence-corrected chi connectivity index (χ1v) is 18.0. The molecular formula is C40H39BINO9. The average Bonchev–Trinajstić information content (AvgIpc) is 3.41. The van der Waals surface area contributed by atoms with Crippen LogP contribution in [0.4, 0.5) is 5.69 Å². The summed E-state index contributed by atoms with van der Waals surface area (Å²) in [7, 11) is -0.301. The highest BCUT2D eigenvalue weighted by Crippen LogP contribution is 2.47. The summed E-state index contributed by atoms with van der Waals surface area (Å²) in [5.41, 5.74) is 4.09. The normalized spacial score (nSPS) is 19.5. The predicted molar refractivity (Wildman–Crippen MR) is 207 cm³/mol. The Morgan fingerprint density at radius 3 is 2.37 bits per heavy atom. The number of aliphatic hydroxyl groups excluding tert-OH is 2. The first kappa shape index (κ1) is 37.3. The molecule has 1 saturated heterocycles.